The molecule has 292 valence electrons. The third kappa shape index (κ3) is 4.93. The van der Waals surface area contributed by atoms with Crippen molar-refractivity contribution in [2.24, 2.45) is 4.99 Å². The van der Waals surface area contributed by atoms with E-state index in [4.69, 9.17) is 28.6 Å². The van der Waals surface area contributed by atoms with Gasteiger partial charge in [-0.25, -0.2) is 18.6 Å². The van der Waals surface area contributed by atoms with Gasteiger partial charge in [0.1, 0.15) is 46.9 Å². The molecule has 5 fully saturated rings. The smallest absolute Gasteiger partial charge is 0.410 e. The average molecular weight is 767 g/mol. The van der Waals surface area contributed by atoms with Gasteiger partial charge in [0.15, 0.2) is 5.82 Å². The standard InChI is InChI=1S/C41H44F2N8O5/c1-39(2,3)56-38(52)50-17-29-41(50)12-10-28(41)51(29)35-32-26-19-53-18-25(26)31(23-8-6-9-27-30(23)24(15-44)36(55-27)45-21-48(4)5)33(43)34(32)46-37(47-35)54-20-40-11-7-13-49(40)16-22(42)14-40/h6,8-9,21-22,28-29H,7,10-14,16-20H2,1-5H3/t22?,28?,29?,40-,41?/m0/s1. The van der Waals surface area contributed by atoms with E-state index in [1.54, 1.807) is 29.4 Å². The van der Waals surface area contributed by atoms with Crippen LogP contribution in [0.5, 0.6) is 6.01 Å². The van der Waals surface area contributed by atoms with Crippen molar-refractivity contribution in [3.8, 4) is 23.2 Å². The Hall–Kier alpha value is -5.07. The van der Waals surface area contributed by atoms with Crippen molar-refractivity contribution >= 4 is 46.0 Å². The fraction of sp³-hybridized carbons (Fsp3) is 0.537. The first-order chi connectivity index (χ1) is 26.8. The van der Waals surface area contributed by atoms with E-state index < -0.39 is 23.1 Å². The molecular weight excluding hydrogens is 722 g/mol. The number of halogens is 2. The van der Waals surface area contributed by atoms with Gasteiger partial charge in [0.2, 0.25) is 5.88 Å². The Morgan fingerprint density at radius 1 is 1.16 bits per heavy atom. The number of nitriles is 1. The summed E-state index contributed by atoms with van der Waals surface area (Å²) in [6, 6.07) is 7.44. The van der Waals surface area contributed by atoms with Crippen LogP contribution in [-0.2, 0) is 22.7 Å². The maximum atomic E-state index is 17.8. The maximum absolute atomic E-state index is 17.8. The topological polar surface area (TPSA) is 133 Å². The van der Waals surface area contributed by atoms with Crippen molar-refractivity contribution in [3.05, 3.63) is 40.7 Å². The number of aliphatic imine (C=N–C) groups is 1. The number of piperidine rings is 1. The van der Waals surface area contributed by atoms with Gasteiger partial charge in [-0.3, -0.25) is 9.80 Å². The highest BCUT2D eigenvalue weighted by molar-refractivity contribution is 6.06. The predicted octanol–water partition coefficient (Wildman–Crippen LogP) is 6.60. The molecule has 0 radical (unpaired) electrons. The number of anilines is 1. The lowest BCUT2D eigenvalue weighted by molar-refractivity contribution is -0.166. The van der Waals surface area contributed by atoms with Gasteiger partial charge in [0, 0.05) is 44.6 Å². The first kappa shape index (κ1) is 35.4. The summed E-state index contributed by atoms with van der Waals surface area (Å²) < 4.78 is 56.9. The van der Waals surface area contributed by atoms with E-state index >= 15 is 4.39 Å². The first-order valence-corrected chi connectivity index (χ1v) is 19.4. The zero-order valence-corrected chi connectivity index (χ0v) is 32.2. The van der Waals surface area contributed by atoms with E-state index in [0.29, 0.717) is 52.8 Å². The SMILES string of the molecule is CN(C)C=Nc1oc2cccc(-c3c4c(c5c(N6C7CCC78C6CN8C(=O)OC(C)(C)C)nc(OC[C@@]67CCCN6CC(F)C7)nc5c3F)COC4)c2c1C#N. The molecule has 10 rings (SSSR count). The molecule has 1 amide bonds. The lowest BCUT2D eigenvalue weighted by Gasteiger charge is -2.80. The fourth-order valence-electron chi connectivity index (χ4n) is 10.4. The summed E-state index contributed by atoms with van der Waals surface area (Å²) in [4.78, 5) is 35.5. The summed E-state index contributed by atoms with van der Waals surface area (Å²) in [5, 5.41) is 11.4. The number of fused-ring (bicyclic) bond motifs is 5. The van der Waals surface area contributed by atoms with Gasteiger partial charge in [0.25, 0.3) is 0 Å². The summed E-state index contributed by atoms with van der Waals surface area (Å²) in [7, 11) is 3.63. The van der Waals surface area contributed by atoms with Crippen molar-refractivity contribution in [2.75, 3.05) is 45.2 Å². The number of benzene rings is 2. The number of piperazine rings is 1. The molecule has 1 saturated carbocycles. The van der Waals surface area contributed by atoms with Crippen LogP contribution in [0.2, 0.25) is 0 Å². The Bertz CT molecular complexity index is 2400. The Labute approximate surface area is 322 Å². The number of carbonyl (C=O) groups is 1. The van der Waals surface area contributed by atoms with Crippen LogP contribution in [-0.4, -0.2) is 112 Å². The van der Waals surface area contributed by atoms with Crippen LogP contribution < -0.4 is 9.64 Å². The molecule has 4 unspecified atom stereocenters. The van der Waals surface area contributed by atoms with E-state index in [-0.39, 0.29) is 72.1 Å². The van der Waals surface area contributed by atoms with Crippen molar-refractivity contribution in [1.29, 1.82) is 5.26 Å². The number of aromatic nitrogens is 2. The first-order valence-electron chi connectivity index (χ1n) is 19.4. The highest BCUT2D eigenvalue weighted by Gasteiger charge is 2.77. The number of furan rings is 1. The summed E-state index contributed by atoms with van der Waals surface area (Å²) in [6.45, 7) is 7.73. The second-order valence-corrected chi connectivity index (χ2v) is 17.4. The minimum atomic E-state index is -0.938. The third-order valence-electron chi connectivity index (χ3n) is 12.8. The molecule has 1 aliphatic carbocycles. The van der Waals surface area contributed by atoms with Gasteiger partial charge in [-0.05, 0) is 75.8 Å². The van der Waals surface area contributed by atoms with Crippen LogP contribution in [0.4, 0.5) is 25.3 Å². The molecule has 4 saturated heterocycles. The monoisotopic (exact) mass is 766 g/mol. The van der Waals surface area contributed by atoms with Crippen LogP contribution in [0.1, 0.15) is 69.6 Å². The number of carbonyl (C=O) groups excluding carboxylic acids is 1. The van der Waals surface area contributed by atoms with Crippen LogP contribution in [0.15, 0.2) is 27.6 Å². The molecule has 7 heterocycles. The molecule has 0 N–H and O–H groups in total. The van der Waals surface area contributed by atoms with E-state index in [9.17, 15) is 14.4 Å². The molecule has 2 aromatic heterocycles. The third-order valence-corrected chi connectivity index (χ3v) is 12.8. The molecule has 15 heteroatoms. The number of hydrogen-bond donors (Lipinski definition) is 0. The largest absolute Gasteiger partial charge is 0.461 e. The number of nitrogens with zero attached hydrogens (tertiary/aromatic N) is 8. The van der Waals surface area contributed by atoms with Crippen LogP contribution in [0, 0.1) is 17.1 Å². The zero-order valence-electron chi connectivity index (χ0n) is 32.2. The lowest BCUT2D eigenvalue weighted by Crippen LogP contribution is -2.97. The van der Waals surface area contributed by atoms with Gasteiger partial charge in [0.05, 0.1) is 48.1 Å². The molecule has 13 nitrogen and oxygen atoms in total. The number of alkyl halides is 1. The Morgan fingerprint density at radius 2 is 1.98 bits per heavy atom. The van der Waals surface area contributed by atoms with Gasteiger partial charge >= 0.3 is 12.1 Å². The van der Waals surface area contributed by atoms with E-state index in [1.165, 1.54) is 0 Å². The van der Waals surface area contributed by atoms with Gasteiger partial charge in [-0.2, -0.15) is 15.2 Å². The average Bonchev–Trinajstić information content (AvgIpc) is 3.89. The van der Waals surface area contributed by atoms with Gasteiger partial charge in [-0.1, -0.05) is 12.1 Å². The van der Waals surface area contributed by atoms with Gasteiger partial charge in [-0.15, -0.1) is 0 Å². The molecule has 5 atom stereocenters. The number of ether oxygens (including phenoxy) is 3. The van der Waals surface area contributed by atoms with E-state index in [1.807, 2.05) is 39.8 Å². The number of rotatable bonds is 7. The Kier molecular flexibility index (Phi) is 7.71. The molecule has 6 aliphatic rings. The molecule has 4 aromatic rings. The van der Waals surface area contributed by atoms with Gasteiger partial charge < -0.3 is 28.4 Å². The second kappa shape index (κ2) is 12.2. The quantitative estimate of drug-likeness (QED) is 0.149. The summed E-state index contributed by atoms with van der Waals surface area (Å²) in [5.41, 5.74) is 1.34. The Balaban J connectivity index is 1.13. The van der Waals surface area contributed by atoms with Crippen LogP contribution >= 0.6 is 0 Å². The minimum Gasteiger partial charge on any atom is -0.461 e. The predicted molar refractivity (Wildman–Crippen MR) is 203 cm³/mol. The molecule has 2 aromatic carbocycles. The normalized spacial score (nSPS) is 27.7. The highest BCUT2D eigenvalue weighted by Crippen LogP contribution is 2.63. The molecular formula is C41H44F2N8O5. The molecule has 56 heavy (non-hydrogen) atoms. The van der Waals surface area contributed by atoms with Crippen molar-refractivity contribution in [2.45, 2.75) is 101 Å². The van der Waals surface area contributed by atoms with Crippen LogP contribution in [0.3, 0.4) is 0 Å². The lowest BCUT2D eigenvalue weighted by atomic mass is 9.52. The van der Waals surface area contributed by atoms with Crippen molar-refractivity contribution in [3.63, 3.8) is 0 Å². The van der Waals surface area contributed by atoms with E-state index in [2.05, 4.69) is 20.9 Å². The van der Waals surface area contributed by atoms with Crippen molar-refractivity contribution < 1.29 is 32.2 Å². The van der Waals surface area contributed by atoms with Crippen LogP contribution in [0.25, 0.3) is 33.0 Å². The second-order valence-electron chi connectivity index (χ2n) is 17.4. The molecule has 1 spiro atoms. The summed E-state index contributed by atoms with van der Waals surface area (Å²) in [6.07, 6.45) is 4.05. The zero-order chi connectivity index (χ0) is 38.9. The van der Waals surface area contributed by atoms with Crippen molar-refractivity contribution in [1.82, 2.24) is 24.7 Å². The summed E-state index contributed by atoms with van der Waals surface area (Å²) >= 11 is 0. The van der Waals surface area contributed by atoms with E-state index in [0.717, 1.165) is 37.8 Å². The Morgan fingerprint density at radius 3 is 2.71 bits per heavy atom. The fourth-order valence-corrected chi connectivity index (χ4v) is 10.4. The number of amides is 1. The summed E-state index contributed by atoms with van der Waals surface area (Å²) in [5.74, 6) is 0.0772. The highest BCUT2D eigenvalue weighted by atomic mass is 19.1. The minimum absolute atomic E-state index is 0.0134. The number of likely N-dealkylation sites (tertiary alicyclic amines) is 1. The maximum Gasteiger partial charge on any atom is 0.410 e. The number of hydrogen-bond acceptors (Lipinski definition) is 11. The molecule has 0 bridgehead atoms. The molecule has 5 aliphatic heterocycles.